The van der Waals surface area contributed by atoms with Crippen LogP contribution in [0.15, 0.2) is 60.7 Å². The summed E-state index contributed by atoms with van der Waals surface area (Å²) in [5.74, 6) is 0.544. The first-order valence-corrected chi connectivity index (χ1v) is 12.7. The number of hydrogen-bond donors (Lipinski definition) is 0. The molecule has 3 aromatic rings. The van der Waals surface area contributed by atoms with Crippen molar-refractivity contribution in [1.82, 2.24) is 4.98 Å². The van der Waals surface area contributed by atoms with Crippen molar-refractivity contribution in [3.63, 3.8) is 0 Å². The van der Waals surface area contributed by atoms with E-state index in [0.29, 0.717) is 11.0 Å². The summed E-state index contributed by atoms with van der Waals surface area (Å²) in [6.07, 6.45) is 6.17. The molecule has 0 bridgehead atoms. The second kappa shape index (κ2) is 10.2. The topological polar surface area (TPSA) is 71.5 Å². The molecule has 2 unspecified atom stereocenters. The Balaban J connectivity index is 1.87. The molecule has 184 valence electrons. The molecule has 1 aliphatic rings. The van der Waals surface area contributed by atoms with Crippen LogP contribution in [0.25, 0.3) is 21.7 Å². The fourth-order valence-corrected chi connectivity index (χ4v) is 6.18. The van der Waals surface area contributed by atoms with Crippen molar-refractivity contribution in [2.45, 2.75) is 32.2 Å². The molecule has 7 heteroatoms. The van der Waals surface area contributed by atoms with Crippen LogP contribution in [0.4, 0.5) is 0 Å². The summed E-state index contributed by atoms with van der Waals surface area (Å²) in [7, 11) is 3.30. The normalized spacial score (nSPS) is 21.3. The van der Waals surface area contributed by atoms with Crippen LogP contribution in [0, 0.1) is 0 Å². The molecule has 0 spiro atoms. The van der Waals surface area contributed by atoms with Gasteiger partial charge in [0.1, 0.15) is 18.0 Å². The Bertz CT molecular complexity index is 1140. The van der Waals surface area contributed by atoms with Crippen molar-refractivity contribution in [3.8, 4) is 33.2 Å². The van der Waals surface area contributed by atoms with E-state index >= 15 is 0 Å². The predicted octanol–water partition coefficient (Wildman–Crippen LogP) is 4.65. The number of hydrogen-bond acceptors (Lipinski definition) is 6. The molecule has 0 aliphatic carbocycles. The Kier molecular flexibility index (Phi) is 7.28. The minimum Gasteiger partial charge on any atom is -0.544 e. The van der Waals surface area contributed by atoms with Crippen LogP contribution in [0.2, 0.25) is 0 Å². The highest BCUT2D eigenvalue weighted by Crippen LogP contribution is 2.47. The van der Waals surface area contributed by atoms with E-state index in [2.05, 4.69) is 26.0 Å². The number of ether oxygens (including phenoxy) is 2. The van der Waals surface area contributed by atoms with E-state index < -0.39 is 11.5 Å². The molecule has 2 aromatic carbocycles. The number of benzene rings is 2. The maximum absolute atomic E-state index is 11.9. The molecular weight excluding hydrogens is 460 g/mol. The third kappa shape index (κ3) is 4.70. The number of thiazole rings is 1. The van der Waals surface area contributed by atoms with Gasteiger partial charge in [0, 0.05) is 12.5 Å². The van der Waals surface area contributed by atoms with Gasteiger partial charge in [-0.05, 0) is 72.7 Å². The van der Waals surface area contributed by atoms with Crippen molar-refractivity contribution in [2.75, 3.05) is 33.9 Å². The molecule has 0 N–H and O–H groups in total. The molecule has 6 nitrogen and oxygen atoms in total. The Labute approximate surface area is 211 Å². The lowest BCUT2D eigenvalue weighted by Gasteiger charge is -2.46. The lowest BCUT2D eigenvalue weighted by atomic mass is 9.98. The van der Waals surface area contributed by atoms with Crippen molar-refractivity contribution >= 4 is 17.3 Å². The number of quaternary nitrogens is 1. The van der Waals surface area contributed by atoms with Gasteiger partial charge in [-0.3, -0.25) is 0 Å². The zero-order valence-corrected chi connectivity index (χ0v) is 21.6. The predicted molar refractivity (Wildman–Crippen MR) is 137 cm³/mol. The Hall–Kier alpha value is -3.16. The van der Waals surface area contributed by atoms with Crippen LogP contribution in [0.5, 0.6) is 11.5 Å². The number of carbonyl (C=O) groups excluding carboxylic acids is 1. The molecule has 2 heterocycles. The first-order valence-electron chi connectivity index (χ1n) is 11.9. The smallest absolute Gasteiger partial charge is 0.168 e. The average molecular weight is 493 g/mol. The number of nitrogens with zero attached hydrogens (tertiary/aromatic N) is 2. The van der Waals surface area contributed by atoms with Gasteiger partial charge in [0.25, 0.3) is 0 Å². The van der Waals surface area contributed by atoms with Crippen LogP contribution >= 0.6 is 11.3 Å². The first-order chi connectivity index (χ1) is 16.9. The van der Waals surface area contributed by atoms with Crippen LogP contribution in [-0.4, -0.2) is 49.3 Å². The number of aromatic nitrogens is 1. The average Bonchev–Trinajstić information content (AvgIpc) is 3.45. The summed E-state index contributed by atoms with van der Waals surface area (Å²) >= 11 is 1.63. The molecular formula is C28H32N2O4S. The molecule has 1 aromatic heterocycles. The third-order valence-electron chi connectivity index (χ3n) is 7.03. The van der Waals surface area contributed by atoms with Crippen molar-refractivity contribution in [1.29, 1.82) is 0 Å². The Morgan fingerprint density at radius 1 is 1.06 bits per heavy atom. The van der Waals surface area contributed by atoms with Gasteiger partial charge >= 0.3 is 0 Å². The van der Waals surface area contributed by atoms with Gasteiger partial charge in [0.15, 0.2) is 10.5 Å². The largest absolute Gasteiger partial charge is 0.544 e. The highest BCUT2D eigenvalue weighted by Gasteiger charge is 2.51. The van der Waals surface area contributed by atoms with E-state index in [1.807, 2.05) is 48.5 Å². The first kappa shape index (κ1) is 24.9. The molecule has 35 heavy (non-hydrogen) atoms. The number of methoxy groups -OCH3 is 2. The second-order valence-electron chi connectivity index (χ2n) is 9.14. The minimum atomic E-state index is -1.03. The molecule has 0 saturated carbocycles. The number of carboxylic acid groups (broad SMARTS) is 1. The Morgan fingerprint density at radius 2 is 1.66 bits per heavy atom. The van der Waals surface area contributed by atoms with E-state index in [-0.39, 0.29) is 6.54 Å². The van der Waals surface area contributed by atoms with Gasteiger partial charge in [0.2, 0.25) is 0 Å². The van der Waals surface area contributed by atoms with E-state index in [0.717, 1.165) is 57.6 Å². The molecule has 0 fully saturated rings. The van der Waals surface area contributed by atoms with Gasteiger partial charge in [-0.2, -0.15) is 0 Å². The van der Waals surface area contributed by atoms with Crippen LogP contribution in [0.3, 0.4) is 0 Å². The SMILES string of the molecule is CCCC[N+]1(CC(=O)[O-])CC=CC1(C)c1nc(-c2ccc(OC)cc2)c(-c2ccc(OC)cc2)s1. The zero-order valence-electron chi connectivity index (χ0n) is 20.7. The fourth-order valence-electron chi connectivity index (χ4n) is 4.86. The summed E-state index contributed by atoms with van der Waals surface area (Å²) in [4.78, 5) is 18.1. The maximum Gasteiger partial charge on any atom is 0.168 e. The summed E-state index contributed by atoms with van der Waals surface area (Å²) in [5, 5.41) is 12.8. The highest BCUT2D eigenvalue weighted by molar-refractivity contribution is 7.15. The number of rotatable bonds is 10. The van der Waals surface area contributed by atoms with Gasteiger partial charge in [-0.1, -0.05) is 13.3 Å². The van der Waals surface area contributed by atoms with Crippen molar-refractivity contribution in [3.05, 3.63) is 65.7 Å². The van der Waals surface area contributed by atoms with Gasteiger partial charge in [-0.25, -0.2) is 4.98 Å². The number of carboxylic acids is 1. The second-order valence-corrected chi connectivity index (χ2v) is 10.1. The standard InChI is InChI=1S/C28H32N2O4S/c1-5-6-17-30(19-24(31)32)18-7-16-28(30,2)27-29-25(20-8-12-22(33-3)13-9-20)26(35-27)21-10-14-23(34-4)15-11-21/h7-16H,5-6,17-19H2,1-4H3. The number of unbranched alkanes of at least 4 members (excludes halogenated alkanes) is 1. The molecule has 1 aliphatic heterocycles. The zero-order chi connectivity index (χ0) is 25.1. The minimum absolute atomic E-state index is 0.0428. The Morgan fingerprint density at radius 3 is 2.20 bits per heavy atom. The van der Waals surface area contributed by atoms with Gasteiger partial charge < -0.3 is 23.9 Å². The monoisotopic (exact) mass is 492 g/mol. The quantitative estimate of drug-likeness (QED) is 0.304. The summed E-state index contributed by atoms with van der Waals surface area (Å²) in [6, 6.07) is 15.9. The maximum atomic E-state index is 11.9. The highest BCUT2D eigenvalue weighted by atomic mass is 32.1. The summed E-state index contributed by atoms with van der Waals surface area (Å²) < 4.78 is 11.1. The van der Waals surface area contributed by atoms with Crippen molar-refractivity contribution < 1.29 is 23.9 Å². The van der Waals surface area contributed by atoms with E-state index in [1.165, 1.54) is 0 Å². The third-order valence-corrected chi connectivity index (χ3v) is 8.36. The molecule has 0 saturated heterocycles. The molecule has 4 rings (SSSR count). The number of carbonyl (C=O) groups is 1. The van der Waals surface area contributed by atoms with Gasteiger partial charge in [-0.15, -0.1) is 11.3 Å². The lowest BCUT2D eigenvalue weighted by molar-refractivity contribution is -0.960. The number of aliphatic carboxylic acids is 1. The lowest BCUT2D eigenvalue weighted by Crippen LogP contribution is -2.62. The van der Waals surface area contributed by atoms with Crippen LogP contribution < -0.4 is 14.6 Å². The molecule has 0 radical (unpaired) electrons. The van der Waals surface area contributed by atoms with E-state index in [4.69, 9.17) is 14.5 Å². The van der Waals surface area contributed by atoms with Gasteiger partial charge in [0.05, 0.1) is 43.8 Å². The molecule has 0 amide bonds. The summed E-state index contributed by atoms with van der Waals surface area (Å²) in [5.41, 5.74) is 2.33. The van der Waals surface area contributed by atoms with Crippen molar-refractivity contribution in [2.24, 2.45) is 0 Å². The van der Waals surface area contributed by atoms with E-state index in [9.17, 15) is 9.90 Å². The fraction of sp³-hybridized carbons (Fsp3) is 0.357. The molecule has 2 atom stereocenters. The summed E-state index contributed by atoms with van der Waals surface area (Å²) in [6.45, 7) is 5.61. The van der Waals surface area contributed by atoms with Crippen LogP contribution in [0.1, 0.15) is 31.7 Å². The van der Waals surface area contributed by atoms with E-state index in [1.54, 1.807) is 25.6 Å². The van der Waals surface area contributed by atoms with Crippen LogP contribution in [-0.2, 0) is 10.3 Å².